The standard InChI is InChI=1S/C15H17N3O4/c19-9-12-15(13-2-1-7-22-13)18(17-16-12)11-5-3-10(4-6-11)8-14(20)21/h3-6,13,19H,1-2,7-9H2,(H,20,21). The Labute approximate surface area is 127 Å². The van der Waals surface area contributed by atoms with E-state index in [9.17, 15) is 9.90 Å². The highest BCUT2D eigenvalue weighted by atomic mass is 16.5. The first-order valence-electron chi connectivity index (χ1n) is 7.17. The van der Waals surface area contributed by atoms with Gasteiger partial charge in [0.15, 0.2) is 0 Å². The zero-order valence-corrected chi connectivity index (χ0v) is 12.0. The van der Waals surface area contributed by atoms with Crippen molar-refractivity contribution >= 4 is 5.97 Å². The summed E-state index contributed by atoms with van der Waals surface area (Å²) in [6.45, 7) is 0.505. The highest BCUT2D eigenvalue weighted by molar-refractivity contribution is 5.70. The second-order valence-corrected chi connectivity index (χ2v) is 5.23. The summed E-state index contributed by atoms with van der Waals surface area (Å²) in [4.78, 5) is 10.7. The Balaban J connectivity index is 1.94. The first-order chi connectivity index (χ1) is 10.7. The molecule has 0 aliphatic carbocycles. The van der Waals surface area contributed by atoms with Gasteiger partial charge >= 0.3 is 5.97 Å². The first-order valence-corrected chi connectivity index (χ1v) is 7.17. The zero-order valence-electron chi connectivity index (χ0n) is 12.0. The van der Waals surface area contributed by atoms with Crippen molar-refractivity contribution < 1.29 is 19.7 Å². The summed E-state index contributed by atoms with van der Waals surface area (Å²) in [6, 6.07) is 7.10. The van der Waals surface area contributed by atoms with E-state index < -0.39 is 5.97 Å². The van der Waals surface area contributed by atoms with Gasteiger partial charge in [-0.1, -0.05) is 17.3 Å². The molecule has 1 aromatic carbocycles. The van der Waals surface area contributed by atoms with Crippen LogP contribution >= 0.6 is 0 Å². The van der Waals surface area contributed by atoms with E-state index in [1.807, 2.05) is 0 Å². The maximum atomic E-state index is 10.7. The second-order valence-electron chi connectivity index (χ2n) is 5.23. The summed E-state index contributed by atoms with van der Waals surface area (Å²) < 4.78 is 7.35. The van der Waals surface area contributed by atoms with Gasteiger partial charge in [0, 0.05) is 6.61 Å². The van der Waals surface area contributed by atoms with Crippen LogP contribution in [0.1, 0.15) is 35.9 Å². The number of carboxylic acid groups (broad SMARTS) is 1. The summed E-state index contributed by atoms with van der Waals surface area (Å²) in [5, 5.41) is 26.4. The minimum absolute atomic E-state index is 0.0158. The van der Waals surface area contributed by atoms with Crippen LogP contribution in [0.25, 0.3) is 5.69 Å². The Morgan fingerprint density at radius 3 is 2.73 bits per heavy atom. The maximum Gasteiger partial charge on any atom is 0.307 e. The molecule has 0 saturated carbocycles. The third-order valence-electron chi connectivity index (χ3n) is 3.70. The van der Waals surface area contributed by atoms with Crippen LogP contribution in [0, 0.1) is 0 Å². The smallest absolute Gasteiger partial charge is 0.307 e. The number of ether oxygens (including phenoxy) is 1. The summed E-state index contributed by atoms with van der Waals surface area (Å²) in [6.07, 6.45) is 1.71. The van der Waals surface area contributed by atoms with Gasteiger partial charge in [0.2, 0.25) is 0 Å². The molecule has 2 aromatic rings. The van der Waals surface area contributed by atoms with E-state index in [-0.39, 0.29) is 19.1 Å². The quantitative estimate of drug-likeness (QED) is 0.862. The lowest BCUT2D eigenvalue weighted by atomic mass is 10.1. The number of carbonyl (C=O) groups is 1. The van der Waals surface area contributed by atoms with Crippen LogP contribution in [0.5, 0.6) is 0 Å². The van der Waals surface area contributed by atoms with Gasteiger partial charge in [0.05, 0.1) is 24.4 Å². The molecule has 2 heterocycles. The maximum absolute atomic E-state index is 10.7. The van der Waals surface area contributed by atoms with E-state index in [0.717, 1.165) is 29.8 Å². The lowest BCUT2D eigenvalue weighted by Crippen LogP contribution is -2.09. The molecule has 0 radical (unpaired) electrons. The minimum Gasteiger partial charge on any atom is -0.481 e. The molecule has 0 bridgehead atoms. The van der Waals surface area contributed by atoms with E-state index in [1.54, 1.807) is 28.9 Å². The van der Waals surface area contributed by atoms with E-state index in [1.165, 1.54) is 0 Å². The normalized spacial score (nSPS) is 17.8. The summed E-state index contributed by atoms with van der Waals surface area (Å²) in [5.74, 6) is -0.865. The molecule has 7 nitrogen and oxygen atoms in total. The van der Waals surface area contributed by atoms with Gasteiger partial charge in [-0.2, -0.15) is 0 Å². The molecule has 22 heavy (non-hydrogen) atoms. The summed E-state index contributed by atoms with van der Waals surface area (Å²) in [7, 11) is 0. The van der Waals surface area contributed by atoms with Crippen molar-refractivity contribution in [2.24, 2.45) is 0 Å². The number of aliphatic hydroxyl groups excluding tert-OH is 1. The fraction of sp³-hybridized carbons (Fsp3) is 0.400. The minimum atomic E-state index is -0.865. The molecule has 0 amide bonds. The largest absolute Gasteiger partial charge is 0.481 e. The predicted octanol–water partition coefficient (Wildman–Crippen LogP) is 1.24. The molecular formula is C15H17N3O4. The number of benzene rings is 1. The highest BCUT2D eigenvalue weighted by Crippen LogP contribution is 2.31. The van der Waals surface area contributed by atoms with E-state index >= 15 is 0 Å². The molecule has 1 aliphatic heterocycles. The number of aliphatic hydroxyl groups is 1. The Kier molecular flexibility index (Phi) is 4.17. The molecular weight excluding hydrogens is 286 g/mol. The van der Waals surface area contributed by atoms with Crippen LogP contribution in [-0.4, -0.2) is 37.8 Å². The Hall–Kier alpha value is -2.25. The molecule has 1 fully saturated rings. The lowest BCUT2D eigenvalue weighted by molar-refractivity contribution is -0.136. The third kappa shape index (κ3) is 2.86. The highest BCUT2D eigenvalue weighted by Gasteiger charge is 2.26. The topological polar surface area (TPSA) is 97.5 Å². The van der Waals surface area contributed by atoms with E-state index in [0.29, 0.717) is 12.3 Å². The van der Waals surface area contributed by atoms with Crippen LogP contribution in [0.4, 0.5) is 0 Å². The Morgan fingerprint density at radius 1 is 1.36 bits per heavy atom. The van der Waals surface area contributed by atoms with Gasteiger partial charge in [-0.3, -0.25) is 4.79 Å². The van der Waals surface area contributed by atoms with Crippen molar-refractivity contribution in [1.29, 1.82) is 0 Å². The number of aliphatic carboxylic acids is 1. The van der Waals surface area contributed by atoms with Crippen LogP contribution in [0.15, 0.2) is 24.3 Å². The number of nitrogens with zero attached hydrogens (tertiary/aromatic N) is 3. The van der Waals surface area contributed by atoms with Crippen molar-refractivity contribution in [1.82, 2.24) is 15.0 Å². The SMILES string of the molecule is O=C(O)Cc1ccc(-n2nnc(CO)c2C2CCCO2)cc1. The van der Waals surface area contributed by atoms with Crippen molar-refractivity contribution in [2.75, 3.05) is 6.61 Å². The van der Waals surface area contributed by atoms with Gasteiger partial charge in [-0.25, -0.2) is 4.68 Å². The van der Waals surface area contributed by atoms with Gasteiger partial charge in [-0.15, -0.1) is 5.10 Å². The lowest BCUT2D eigenvalue weighted by Gasteiger charge is -2.13. The molecule has 1 atom stereocenters. The number of hydrogen-bond donors (Lipinski definition) is 2. The molecule has 1 aliphatic rings. The fourth-order valence-corrected chi connectivity index (χ4v) is 2.67. The van der Waals surface area contributed by atoms with Crippen molar-refractivity contribution in [3.05, 3.63) is 41.2 Å². The van der Waals surface area contributed by atoms with Crippen LogP contribution in [0.2, 0.25) is 0 Å². The van der Waals surface area contributed by atoms with E-state index in [2.05, 4.69) is 10.3 Å². The Morgan fingerprint density at radius 2 is 2.14 bits per heavy atom. The molecule has 3 rings (SSSR count). The molecule has 2 N–H and O–H groups in total. The average Bonchev–Trinajstić information content (AvgIpc) is 3.16. The molecule has 116 valence electrons. The first kappa shape index (κ1) is 14.7. The summed E-state index contributed by atoms with van der Waals surface area (Å²) in [5.41, 5.74) is 2.77. The third-order valence-corrected chi connectivity index (χ3v) is 3.70. The zero-order chi connectivity index (χ0) is 15.5. The summed E-state index contributed by atoms with van der Waals surface area (Å²) >= 11 is 0. The van der Waals surface area contributed by atoms with Gasteiger partial charge in [-0.05, 0) is 30.5 Å². The Bertz CT molecular complexity index is 660. The predicted molar refractivity (Wildman–Crippen MR) is 76.5 cm³/mol. The van der Waals surface area contributed by atoms with Gasteiger partial charge < -0.3 is 14.9 Å². The molecule has 1 unspecified atom stereocenters. The van der Waals surface area contributed by atoms with Gasteiger partial charge in [0.1, 0.15) is 11.8 Å². The molecule has 1 saturated heterocycles. The number of aromatic nitrogens is 3. The van der Waals surface area contributed by atoms with Crippen molar-refractivity contribution in [3.63, 3.8) is 0 Å². The monoisotopic (exact) mass is 303 g/mol. The van der Waals surface area contributed by atoms with E-state index in [4.69, 9.17) is 9.84 Å². The molecule has 0 spiro atoms. The number of carboxylic acids is 1. The van der Waals surface area contributed by atoms with Crippen molar-refractivity contribution in [2.45, 2.75) is 32.0 Å². The second kappa shape index (κ2) is 6.25. The van der Waals surface area contributed by atoms with Crippen LogP contribution < -0.4 is 0 Å². The van der Waals surface area contributed by atoms with Crippen molar-refractivity contribution in [3.8, 4) is 5.69 Å². The molecule has 7 heteroatoms. The number of rotatable bonds is 5. The average molecular weight is 303 g/mol. The number of hydrogen-bond acceptors (Lipinski definition) is 5. The van der Waals surface area contributed by atoms with Crippen LogP contribution in [-0.2, 0) is 22.6 Å². The molecule has 1 aromatic heterocycles. The fourth-order valence-electron chi connectivity index (χ4n) is 2.67. The van der Waals surface area contributed by atoms with Gasteiger partial charge in [0.25, 0.3) is 0 Å². The van der Waals surface area contributed by atoms with Crippen LogP contribution in [0.3, 0.4) is 0 Å².